The molecule has 2 fully saturated rings. The first kappa shape index (κ1) is 17.0. The third kappa shape index (κ3) is 4.18. The Bertz CT molecular complexity index is 623. The van der Waals surface area contributed by atoms with Crippen LogP contribution in [0.3, 0.4) is 0 Å². The standard InChI is InChI=1S/C20H30N4/c1-3-15-11-20(24-18-6-8-22-9-7-18)23-13-19(15)14(2)10-17(12-21)16-4-5-16/h10-13,16,18,22H,3-9,21H2,1-2H3,(H,23,24)/b14-10+,17-12+. The highest BCUT2D eigenvalue weighted by Crippen LogP contribution is 2.38. The molecular weight excluding hydrogens is 296 g/mol. The molecule has 0 unspecified atom stereocenters. The summed E-state index contributed by atoms with van der Waals surface area (Å²) >= 11 is 0. The van der Waals surface area contributed by atoms with Crippen molar-refractivity contribution in [2.75, 3.05) is 18.4 Å². The Balaban J connectivity index is 1.77. The average molecular weight is 326 g/mol. The molecule has 0 atom stereocenters. The predicted octanol–water partition coefficient (Wildman–Crippen LogP) is 3.46. The maximum Gasteiger partial charge on any atom is 0.126 e. The van der Waals surface area contributed by atoms with E-state index in [1.54, 1.807) is 6.20 Å². The van der Waals surface area contributed by atoms with Crippen LogP contribution in [0.15, 0.2) is 30.1 Å². The Kier molecular flexibility index (Phi) is 5.56. The van der Waals surface area contributed by atoms with Gasteiger partial charge in [-0.05, 0) is 92.6 Å². The fourth-order valence-corrected chi connectivity index (χ4v) is 3.45. The van der Waals surface area contributed by atoms with Crippen molar-refractivity contribution in [1.29, 1.82) is 0 Å². The molecule has 1 saturated carbocycles. The maximum atomic E-state index is 5.80. The zero-order valence-electron chi connectivity index (χ0n) is 14.9. The lowest BCUT2D eigenvalue weighted by molar-refractivity contribution is 0.478. The van der Waals surface area contributed by atoms with Crippen molar-refractivity contribution in [3.63, 3.8) is 0 Å². The van der Waals surface area contributed by atoms with E-state index in [0.29, 0.717) is 12.0 Å². The van der Waals surface area contributed by atoms with Gasteiger partial charge in [0.15, 0.2) is 0 Å². The van der Waals surface area contributed by atoms with Crippen molar-refractivity contribution in [1.82, 2.24) is 10.3 Å². The van der Waals surface area contributed by atoms with E-state index in [4.69, 9.17) is 5.73 Å². The van der Waals surface area contributed by atoms with Crippen LogP contribution in [-0.2, 0) is 6.42 Å². The summed E-state index contributed by atoms with van der Waals surface area (Å²) in [7, 11) is 0. The van der Waals surface area contributed by atoms with Crippen LogP contribution in [0, 0.1) is 5.92 Å². The molecule has 3 rings (SSSR count). The number of nitrogens with two attached hydrogens (primary N) is 1. The first-order valence-corrected chi connectivity index (χ1v) is 9.28. The largest absolute Gasteiger partial charge is 0.404 e. The van der Waals surface area contributed by atoms with Crippen LogP contribution in [0.25, 0.3) is 5.57 Å². The third-order valence-corrected chi connectivity index (χ3v) is 5.11. The first-order chi connectivity index (χ1) is 11.7. The predicted molar refractivity (Wildman–Crippen MR) is 102 cm³/mol. The number of nitrogens with one attached hydrogen (secondary N) is 2. The molecule has 1 aliphatic carbocycles. The highest BCUT2D eigenvalue weighted by Gasteiger charge is 2.24. The second kappa shape index (κ2) is 7.84. The van der Waals surface area contributed by atoms with Gasteiger partial charge in [0.25, 0.3) is 0 Å². The molecule has 1 aromatic heterocycles. The Morgan fingerprint density at radius 1 is 1.33 bits per heavy atom. The zero-order chi connectivity index (χ0) is 16.9. The fourth-order valence-electron chi connectivity index (χ4n) is 3.45. The van der Waals surface area contributed by atoms with Gasteiger partial charge >= 0.3 is 0 Å². The molecule has 2 aliphatic rings. The summed E-state index contributed by atoms with van der Waals surface area (Å²) in [6.45, 7) is 6.56. The number of allylic oxidation sites excluding steroid dienone is 3. The smallest absolute Gasteiger partial charge is 0.126 e. The molecule has 2 heterocycles. The molecular formula is C20H30N4. The van der Waals surface area contributed by atoms with Gasteiger partial charge in [-0.15, -0.1) is 0 Å². The summed E-state index contributed by atoms with van der Waals surface area (Å²) in [5, 5.41) is 7.00. The van der Waals surface area contributed by atoms with E-state index in [2.05, 4.69) is 41.6 Å². The number of aromatic nitrogens is 1. The van der Waals surface area contributed by atoms with E-state index in [1.807, 2.05) is 6.20 Å². The number of hydrogen-bond acceptors (Lipinski definition) is 4. The van der Waals surface area contributed by atoms with Gasteiger partial charge in [-0.25, -0.2) is 4.98 Å². The van der Waals surface area contributed by atoms with Crippen LogP contribution in [0.5, 0.6) is 0 Å². The maximum absolute atomic E-state index is 5.80. The lowest BCUT2D eigenvalue weighted by Crippen LogP contribution is -2.35. The van der Waals surface area contributed by atoms with Crippen molar-refractivity contribution >= 4 is 11.4 Å². The van der Waals surface area contributed by atoms with Gasteiger partial charge in [0.2, 0.25) is 0 Å². The molecule has 0 radical (unpaired) electrons. The van der Waals surface area contributed by atoms with E-state index in [9.17, 15) is 0 Å². The molecule has 4 heteroatoms. The van der Waals surface area contributed by atoms with Crippen molar-refractivity contribution in [2.45, 2.75) is 52.0 Å². The second-order valence-electron chi connectivity index (χ2n) is 7.02. The van der Waals surface area contributed by atoms with E-state index in [1.165, 1.54) is 35.1 Å². The first-order valence-electron chi connectivity index (χ1n) is 9.28. The number of rotatable bonds is 6. The highest BCUT2D eigenvalue weighted by atomic mass is 15.0. The van der Waals surface area contributed by atoms with Gasteiger partial charge < -0.3 is 16.4 Å². The van der Waals surface area contributed by atoms with E-state index in [-0.39, 0.29) is 0 Å². The molecule has 0 spiro atoms. The van der Waals surface area contributed by atoms with Crippen LogP contribution in [0.2, 0.25) is 0 Å². The van der Waals surface area contributed by atoms with Gasteiger partial charge in [0.1, 0.15) is 5.82 Å². The number of hydrogen-bond donors (Lipinski definition) is 3. The third-order valence-electron chi connectivity index (χ3n) is 5.11. The number of pyridine rings is 1. The van der Waals surface area contributed by atoms with Crippen molar-refractivity contribution in [2.24, 2.45) is 11.7 Å². The molecule has 4 nitrogen and oxygen atoms in total. The fraction of sp³-hybridized carbons (Fsp3) is 0.550. The molecule has 0 bridgehead atoms. The van der Waals surface area contributed by atoms with Crippen molar-refractivity contribution < 1.29 is 0 Å². The second-order valence-corrected chi connectivity index (χ2v) is 7.02. The molecule has 130 valence electrons. The van der Waals surface area contributed by atoms with Crippen LogP contribution in [-0.4, -0.2) is 24.1 Å². The highest BCUT2D eigenvalue weighted by molar-refractivity contribution is 5.70. The summed E-state index contributed by atoms with van der Waals surface area (Å²) in [6, 6.07) is 2.75. The quantitative estimate of drug-likeness (QED) is 0.701. The molecule has 0 amide bonds. The SMILES string of the molecule is CCc1cc(NC2CCNCC2)ncc1/C(C)=C/C(=C\N)C1CC1. The van der Waals surface area contributed by atoms with Crippen LogP contribution in [0.1, 0.15) is 50.7 Å². The van der Waals surface area contributed by atoms with Gasteiger partial charge in [0.05, 0.1) is 0 Å². The normalized spacial score (nSPS) is 20.2. The topological polar surface area (TPSA) is 63.0 Å². The molecule has 0 aromatic carbocycles. The van der Waals surface area contributed by atoms with Crippen LogP contribution in [0.4, 0.5) is 5.82 Å². The van der Waals surface area contributed by atoms with Gasteiger partial charge in [0, 0.05) is 12.2 Å². The zero-order valence-corrected chi connectivity index (χ0v) is 14.9. The summed E-state index contributed by atoms with van der Waals surface area (Å²) < 4.78 is 0. The number of aryl methyl sites for hydroxylation is 1. The minimum absolute atomic E-state index is 0.535. The molecule has 24 heavy (non-hydrogen) atoms. The number of piperidine rings is 1. The number of anilines is 1. The molecule has 1 aromatic rings. The van der Waals surface area contributed by atoms with Crippen molar-refractivity contribution in [3.8, 4) is 0 Å². The van der Waals surface area contributed by atoms with Gasteiger partial charge in [-0.3, -0.25) is 0 Å². The molecule has 1 aliphatic heterocycles. The van der Waals surface area contributed by atoms with E-state index < -0.39 is 0 Å². The van der Waals surface area contributed by atoms with Gasteiger partial charge in [-0.1, -0.05) is 13.0 Å². The minimum Gasteiger partial charge on any atom is -0.404 e. The van der Waals surface area contributed by atoms with E-state index in [0.717, 1.165) is 38.2 Å². The molecule has 4 N–H and O–H groups in total. The summed E-state index contributed by atoms with van der Waals surface area (Å²) in [4.78, 5) is 4.67. The summed E-state index contributed by atoms with van der Waals surface area (Å²) in [5.74, 6) is 1.68. The Hall–Kier alpha value is -1.81. The van der Waals surface area contributed by atoms with Gasteiger partial charge in [-0.2, -0.15) is 0 Å². The lowest BCUT2D eigenvalue weighted by atomic mass is 9.98. The minimum atomic E-state index is 0.535. The van der Waals surface area contributed by atoms with Crippen LogP contribution < -0.4 is 16.4 Å². The Morgan fingerprint density at radius 2 is 2.08 bits per heavy atom. The Morgan fingerprint density at radius 3 is 2.71 bits per heavy atom. The van der Waals surface area contributed by atoms with Crippen LogP contribution >= 0.6 is 0 Å². The average Bonchev–Trinajstić information content (AvgIpc) is 3.45. The lowest BCUT2D eigenvalue weighted by Gasteiger charge is -2.24. The Labute approximate surface area is 145 Å². The molecule has 1 saturated heterocycles. The monoisotopic (exact) mass is 326 g/mol. The van der Waals surface area contributed by atoms with Crippen molar-refractivity contribution in [3.05, 3.63) is 41.2 Å². The summed E-state index contributed by atoms with van der Waals surface area (Å²) in [6.07, 6.45) is 11.9. The number of nitrogens with zero attached hydrogens (tertiary/aromatic N) is 1. The summed E-state index contributed by atoms with van der Waals surface area (Å²) in [5.41, 5.74) is 10.9. The van der Waals surface area contributed by atoms with E-state index >= 15 is 0 Å².